The number of fused-ring (bicyclic) bond motifs is 8. The summed E-state index contributed by atoms with van der Waals surface area (Å²) in [6, 6.07) is 58.5. The molecular weight excluding hydrogens is 534 g/mol. The molecule has 0 spiro atoms. The van der Waals surface area contributed by atoms with Crippen LogP contribution in [-0.4, -0.2) is 0 Å². The summed E-state index contributed by atoms with van der Waals surface area (Å²) in [6.07, 6.45) is 0. The van der Waals surface area contributed by atoms with Crippen LogP contribution in [0.1, 0.15) is 0 Å². The lowest BCUT2D eigenvalue weighted by atomic mass is 9.93. The summed E-state index contributed by atoms with van der Waals surface area (Å²) >= 11 is 0. The van der Waals surface area contributed by atoms with Gasteiger partial charge in [0.15, 0.2) is 0 Å². The summed E-state index contributed by atoms with van der Waals surface area (Å²) in [6.45, 7) is 0. The van der Waals surface area contributed by atoms with E-state index in [9.17, 15) is 0 Å². The molecule has 0 atom stereocenters. The van der Waals surface area contributed by atoms with Crippen molar-refractivity contribution in [3.63, 3.8) is 0 Å². The van der Waals surface area contributed by atoms with Crippen LogP contribution in [0.3, 0.4) is 0 Å². The molecular formula is C42H27NO. The SMILES string of the molecule is c1ccc(N(c2ccc(-c3cc4ccccc4c4ccccc34)cc2)c2cc3oc4ccccc4c3c3ccccc23)cc1. The maximum absolute atomic E-state index is 6.45. The summed E-state index contributed by atoms with van der Waals surface area (Å²) in [7, 11) is 0. The van der Waals surface area contributed by atoms with Crippen molar-refractivity contribution in [1.82, 2.24) is 0 Å². The van der Waals surface area contributed by atoms with Gasteiger partial charge < -0.3 is 9.32 Å². The van der Waals surface area contributed by atoms with Crippen LogP contribution in [0.4, 0.5) is 17.1 Å². The molecule has 0 saturated carbocycles. The van der Waals surface area contributed by atoms with E-state index in [4.69, 9.17) is 4.42 Å². The van der Waals surface area contributed by atoms with Gasteiger partial charge in [0.1, 0.15) is 11.2 Å². The number of nitrogens with zero attached hydrogens (tertiary/aromatic N) is 1. The van der Waals surface area contributed by atoms with Gasteiger partial charge in [-0.3, -0.25) is 0 Å². The first kappa shape index (κ1) is 24.7. The highest BCUT2D eigenvalue weighted by Gasteiger charge is 2.20. The number of para-hydroxylation sites is 2. The van der Waals surface area contributed by atoms with Crippen molar-refractivity contribution in [1.29, 1.82) is 0 Å². The summed E-state index contributed by atoms with van der Waals surface area (Å²) < 4.78 is 6.45. The molecule has 0 unspecified atom stereocenters. The Labute approximate surface area is 255 Å². The molecule has 206 valence electrons. The van der Waals surface area contributed by atoms with Crippen molar-refractivity contribution in [2.45, 2.75) is 0 Å². The van der Waals surface area contributed by atoms with Crippen LogP contribution >= 0.6 is 0 Å². The fraction of sp³-hybridized carbons (Fsp3) is 0. The predicted octanol–water partition coefficient (Wildman–Crippen LogP) is 12.2. The van der Waals surface area contributed by atoms with Crippen molar-refractivity contribution in [3.8, 4) is 11.1 Å². The van der Waals surface area contributed by atoms with E-state index in [2.05, 4.69) is 157 Å². The zero-order valence-corrected chi connectivity index (χ0v) is 23.9. The second-order valence-corrected chi connectivity index (χ2v) is 11.3. The monoisotopic (exact) mass is 561 g/mol. The predicted molar refractivity (Wildman–Crippen MR) is 186 cm³/mol. The summed E-state index contributed by atoms with van der Waals surface area (Å²) in [5.74, 6) is 0. The fourth-order valence-electron chi connectivity index (χ4n) is 6.84. The maximum atomic E-state index is 6.45. The quantitative estimate of drug-likeness (QED) is 0.199. The molecule has 0 bridgehead atoms. The van der Waals surface area contributed by atoms with E-state index < -0.39 is 0 Å². The number of furan rings is 1. The second kappa shape index (κ2) is 9.86. The van der Waals surface area contributed by atoms with Gasteiger partial charge in [-0.25, -0.2) is 0 Å². The van der Waals surface area contributed by atoms with Gasteiger partial charge in [0, 0.05) is 33.6 Å². The molecule has 1 heterocycles. The standard InChI is InChI=1S/C42H27NO/c1-2-13-30(14-3-1)43(39-27-41-42(36-19-9-8-18-35(36)39)37-20-10-11-21-40(37)44-41)31-24-22-28(23-25-31)38-26-29-12-4-5-15-32(29)33-16-6-7-17-34(33)38/h1-27H. The Morgan fingerprint density at radius 1 is 0.386 bits per heavy atom. The van der Waals surface area contributed by atoms with Crippen LogP contribution in [0.2, 0.25) is 0 Å². The third-order valence-corrected chi connectivity index (χ3v) is 8.82. The highest BCUT2D eigenvalue weighted by molar-refractivity contribution is 6.22. The third-order valence-electron chi connectivity index (χ3n) is 8.82. The molecule has 9 aromatic rings. The molecule has 8 aromatic carbocycles. The smallest absolute Gasteiger partial charge is 0.138 e. The number of hydrogen-bond acceptors (Lipinski definition) is 2. The van der Waals surface area contributed by atoms with Crippen LogP contribution < -0.4 is 4.90 Å². The molecule has 1 aromatic heterocycles. The van der Waals surface area contributed by atoms with E-state index in [1.807, 2.05) is 12.1 Å². The summed E-state index contributed by atoms with van der Waals surface area (Å²) in [4.78, 5) is 2.34. The molecule has 0 amide bonds. The Hall–Kier alpha value is -5.86. The van der Waals surface area contributed by atoms with Gasteiger partial charge in [0.25, 0.3) is 0 Å². The second-order valence-electron chi connectivity index (χ2n) is 11.3. The molecule has 2 heteroatoms. The molecule has 0 saturated heterocycles. The van der Waals surface area contributed by atoms with E-state index in [0.717, 1.165) is 39.0 Å². The Morgan fingerprint density at radius 3 is 1.77 bits per heavy atom. The Balaban J connectivity index is 1.26. The molecule has 0 radical (unpaired) electrons. The first-order valence-corrected chi connectivity index (χ1v) is 15.0. The minimum atomic E-state index is 0.889. The van der Waals surface area contributed by atoms with Gasteiger partial charge in [-0.15, -0.1) is 0 Å². The lowest BCUT2D eigenvalue weighted by molar-refractivity contribution is 0.669. The van der Waals surface area contributed by atoms with E-state index in [-0.39, 0.29) is 0 Å². The van der Waals surface area contributed by atoms with Crippen molar-refractivity contribution >= 4 is 71.3 Å². The van der Waals surface area contributed by atoms with Crippen molar-refractivity contribution in [3.05, 3.63) is 164 Å². The highest BCUT2D eigenvalue weighted by atomic mass is 16.3. The van der Waals surface area contributed by atoms with E-state index >= 15 is 0 Å². The molecule has 9 rings (SSSR count). The fourth-order valence-corrected chi connectivity index (χ4v) is 6.84. The van der Waals surface area contributed by atoms with Gasteiger partial charge >= 0.3 is 0 Å². The van der Waals surface area contributed by atoms with Gasteiger partial charge in [0.05, 0.1) is 5.69 Å². The van der Waals surface area contributed by atoms with Crippen LogP contribution in [-0.2, 0) is 0 Å². The zero-order chi connectivity index (χ0) is 29.0. The average Bonchev–Trinajstić information content (AvgIpc) is 3.48. The highest BCUT2D eigenvalue weighted by Crippen LogP contribution is 2.45. The minimum absolute atomic E-state index is 0.889. The molecule has 0 N–H and O–H groups in total. The number of rotatable bonds is 4. The normalized spacial score (nSPS) is 11.6. The first-order valence-electron chi connectivity index (χ1n) is 15.0. The third kappa shape index (κ3) is 3.82. The van der Waals surface area contributed by atoms with Crippen LogP contribution in [0, 0.1) is 0 Å². The number of benzene rings is 8. The largest absolute Gasteiger partial charge is 0.456 e. The van der Waals surface area contributed by atoms with Gasteiger partial charge in [0.2, 0.25) is 0 Å². The van der Waals surface area contributed by atoms with Gasteiger partial charge in [-0.05, 0) is 74.5 Å². The molecule has 2 nitrogen and oxygen atoms in total. The topological polar surface area (TPSA) is 16.4 Å². The molecule has 0 aliphatic heterocycles. The lowest BCUT2D eigenvalue weighted by Crippen LogP contribution is -2.10. The lowest BCUT2D eigenvalue weighted by Gasteiger charge is -2.27. The molecule has 0 aliphatic rings. The van der Waals surface area contributed by atoms with Crippen LogP contribution in [0.15, 0.2) is 168 Å². The Kier molecular flexibility index (Phi) is 5.54. The minimum Gasteiger partial charge on any atom is -0.456 e. The molecule has 44 heavy (non-hydrogen) atoms. The maximum Gasteiger partial charge on any atom is 0.138 e. The van der Waals surface area contributed by atoms with Gasteiger partial charge in [-0.2, -0.15) is 0 Å². The van der Waals surface area contributed by atoms with Crippen LogP contribution in [0.5, 0.6) is 0 Å². The van der Waals surface area contributed by atoms with Crippen LogP contribution in [0.25, 0.3) is 65.4 Å². The van der Waals surface area contributed by atoms with E-state index in [1.54, 1.807) is 0 Å². The van der Waals surface area contributed by atoms with Crippen molar-refractivity contribution in [2.75, 3.05) is 4.90 Å². The zero-order valence-electron chi connectivity index (χ0n) is 23.9. The van der Waals surface area contributed by atoms with Crippen molar-refractivity contribution < 1.29 is 4.42 Å². The number of anilines is 3. The number of hydrogen-bond donors (Lipinski definition) is 0. The van der Waals surface area contributed by atoms with E-state index in [0.29, 0.717) is 0 Å². The van der Waals surface area contributed by atoms with Crippen molar-refractivity contribution in [2.24, 2.45) is 0 Å². The summed E-state index contributed by atoms with van der Waals surface area (Å²) in [5, 5.41) is 9.75. The van der Waals surface area contributed by atoms with E-state index in [1.165, 1.54) is 43.4 Å². The Morgan fingerprint density at radius 2 is 0.977 bits per heavy atom. The first-order chi connectivity index (χ1) is 21.8. The summed E-state index contributed by atoms with van der Waals surface area (Å²) in [5.41, 5.74) is 7.50. The Bertz CT molecular complexity index is 2490. The molecule has 0 aliphatic carbocycles. The molecule has 0 fully saturated rings. The van der Waals surface area contributed by atoms with Gasteiger partial charge in [-0.1, -0.05) is 121 Å². The average molecular weight is 562 g/mol.